The first-order valence-corrected chi connectivity index (χ1v) is 17.3. The van der Waals surface area contributed by atoms with Crippen LogP contribution in [0.25, 0.3) is 0 Å². The van der Waals surface area contributed by atoms with Gasteiger partial charge in [-0.2, -0.15) is 0 Å². The van der Waals surface area contributed by atoms with E-state index in [2.05, 4.69) is 5.32 Å². The van der Waals surface area contributed by atoms with Crippen LogP contribution >= 0.6 is 23.2 Å². The van der Waals surface area contributed by atoms with Gasteiger partial charge < -0.3 is 10.2 Å². The molecule has 0 aliphatic rings. The number of halogens is 2. The molecule has 1 atom stereocenters. The minimum absolute atomic E-state index is 0.00967. The van der Waals surface area contributed by atoms with Gasteiger partial charge in [-0.1, -0.05) is 104 Å². The largest absolute Gasteiger partial charge is 0.352 e. The maximum absolute atomic E-state index is 14.5. The molecule has 46 heavy (non-hydrogen) atoms. The molecule has 0 saturated heterocycles. The van der Waals surface area contributed by atoms with Crippen LogP contribution in [0.5, 0.6) is 0 Å². The lowest BCUT2D eigenvalue weighted by molar-refractivity contribution is -0.140. The highest BCUT2D eigenvalue weighted by Gasteiger charge is 2.35. The van der Waals surface area contributed by atoms with Crippen LogP contribution in [-0.2, 0) is 32.6 Å². The second-order valence-corrected chi connectivity index (χ2v) is 14.4. The van der Waals surface area contributed by atoms with Crippen molar-refractivity contribution in [3.63, 3.8) is 0 Å². The Labute approximate surface area is 282 Å². The number of amides is 2. The van der Waals surface area contributed by atoms with Gasteiger partial charge in [0.1, 0.15) is 12.6 Å². The fourth-order valence-electron chi connectivity index (χ4n) is 5.04. The maximum atomic E-state index is 14.5. The molecule has 0 aliphatic carbocycles. The summed E-state index contributed by atoms with van der Waals surface area (Å²) in [5.41, 5.74) is 2.84. The van der Waals surface area contributed by atoms with Gasteiger partial charge in [0.15, 0.2) is 0 Å². The SMILES string of the molecule is CC(C)NC(=O)[C@H](Cc1ccccc1)N(Cc1ccc(Cl)c(Cl)c1)C(=O)CN(c1ccc(C(C)C)cc1)S(=O)(=O)c1ccccc1. The first-order valence-electron chi connectivity index (χ1n) is 15.1. The Morgan fingerprint density at radius 3 is 1.93 bits per heavy atom. The standard InChI is InChI=1S/C36H39Cl2N3O4S/c1-25(2)29-16-18-30(19-17-29)41(46(44,45)31-13-9-6-10-14-31)24-35(42)40(23-28-15-20-32(37)33(38)21-28)34(36(43)39-26(3)4)22-27-11-7-5-8-12-27/h5-21,25-26,34H,22-24H2,1-4H3,(H,39,43)/t34-/m0/s1. The lowest BCUT2D eigenvalue weighted by Gasteiger charge is -2.34. The third kappa shape index (κ3) is 8.90. The summed E-state index contributed by atoms with van der Waals surface area (Å²) in [6.45, 7) is 7.24. The van der Waals surface area contributed by atoms with E-state index in [1.165, 1.54) is 17.0 Å². The van der Waals surface area contributed by atoms with Crippen molar-refractivity contribution in [2.24, 2.45) is 0 Å². The van der Waals surface area contributed by atoms with Gasteiger partial charge in [-0.3, -0.25) is 13.9 Å². The zero-order chi connectivity index (χ0) is 33.4. The average molecular weight is 681 g/mol. The first-order chi connectivity index (χ1) is 21.9. The van der Waals surface area contributed by atoms with Crippen molar-refractivity contribution in [2.75, 3.05) is 10.8 Å². The number of carbonyl (C=O) groups is 2. The number of anilines is 1. The fraction of sp³-hybridized carbons (Fsp3) is 0.278. The Morgan fingerprint density at radius 2 is 1.37 bits per heavy atom. The van der Waals surface area contributed by atoms with Crippen molar-refractivity contribution in [1.82, 2.24) is 10.2 Å². The molecule has 0 spiro atoms. The summed E-state index contributed by atoms with van der Waals surface area (Å²) < 4.78 is 29.4. The van der Waals surface area contributed by atoms with E-state index in [-0.39, 0.29) is 35.7 Å². The van der Waals surface area contributed by atoms with Crippen molar-refractivity contribution < 1.29 is 18.0 Å². The number of hydrogen-bond donors (Lipinski definition) is 1. The molecule has 0 fully saturated rings. The molecule has 1 N–H and O–H groups in total. The van der Waals surface area contributed by atoms with Gasteiger partial charge in [-0.25, -0.2) is 8.42 Å². The van der Waals surface area contributed by atoms with Gasteiger partial charge in [-0.05, 0) is 72.9 Å². The molecule has 4 aromatic rings. The minimum atomic E-state index is -4.18. The van der Waals surface area contributed by atoms with E-state index in [1.54, 1.807) is 48.5 Å². The molecule has 0 aliphatic heterocycles. The van der Waals surface area contributed by atoms with Crippen LogP contribution in [0.2, 0.25) is 10.0 Å². The van der Waals surface area contributed by atoms with Crippen LogP contribution < -0.4 is 9.62 Å². The van der Waals surface area contributed by atoms with Gasteiger partial charge in [-0.15, -0.1) is 0 Å². The predicted octanol–water partition coefficient (Wildman–Crippen LogP) is 7.48. The van der Waals surface area contributed by atoms with Gasteiger partial charge in [0.2, 0.25) is 11.8 Å². The highest BCUT2D eigenvalue weighted by atomic mass is 35.5. The Morgan fingerprint density at radius 1 is 0.761 bits per heavy atom. The summed E-state index contributed by atoms with van der Waals surface area (Å²) in [6.07, 6.45) is 0.209. The third-order valence-electron chi connectivity index (χ3n) is 7.50. The molecule has 4 rings (SSSR count). The lowest BCUT2D eigenvalue weighted by atomic mass is 10.0. The number of hydrogen-bond acceptors (Lipinski definition) is 4. The summed E-state index contributed by atoms with van der Waals surface area (Å²) in [5, 5.41) is 3.61. The molecular weight excluding hydrogens is 641 g/mol. The quantitative estimate of drug-likeness (QED) is 0.159. The third-order valence-corrected chi connectivity index (χ3v) is 10.0. The van der Waals surface area contributed by atoms with E-state index < -0.39 is 28.5 Å². The topological polar surface area (TPSA) is 86.8 Å². The van der Waals surface area contributed by atoms with Gasteiger partial charge >= 0.3 is 0 Å². The Balaban J connectivity index is 1.82. The van der Waals surface area contributed by atoms with Crippen molar-refractivity contribution in [3.8, 4) is 0 Å². The van der Waals surface area contributed by atoms with Crippen LogP contribution in [0, 0.1) is 0 Å². The molecule has 0 aromatic heterocycles. The number of rotatable bonds is 13. The zero-order valence-electron chi connectivity index (χ0n) is 26.4. The summed E-state index contributed by atoms with van der Waals surface area (Å²) in [4.78, 5) is 29.8. The Bertz CT molecular complexity index is 1730. The molecule has 10 heteroatoms. The first kappa shape index (κ1) is 35.0. The molecule has 0 bridgehead atoms. The molecular formula is C36H39Cl2N3O4S. The Hall–Kier alpha value is -3.85. The second-order valence-electron chi connectivity index (χ2n) is 11.7. The van der Waals surface area contributed by atoms with Crippen LogP contribution in [0.3, 0.4) is 0 Å². The van der Waals surface area contributed by atoms with E-state index in [1.807, 2.05) is 70.2 Å². The zero-order valence-corrected chi connectivity index (χ0v) is 28.7. The molecule has 2 amide bonds. The van der Waals surface area contributed by atoms with Crippen molar-refractivity contribution in [2.45, 2.75) is 63.6 Å². The van der Waals surface area contributed by atoms with E-state index in [4.69, 9.17) is 23.2 Å². The number of sulfonamides is 1. The highest BCUT2D eigenvalue weighted by Crippen LogP contribution is 2.28. The predicted molar refractivity (Wildman–Crippen MR) is 186 cm³/mol. The highest BCUT2D eigenvalue weighted by molar-refractivity contribution is 7.92. The number of benzene rings is 4. The molecule has 0 heterocycles. The van der Waals surface area contributed by atoms with Gasteiger partial charge in [0.05, 0.1) is 20.6 Å². The molecule has 0 saturated carbocycles. The smallest absolute Gasteiger partial charge is 0.264 e. The molecule has 0 radical (unpaired) electrons. The summed E-state index contributed by atoms with van der Waals surface area (Å²) in [6, 6.07) is 28.4. The van der Waals surface area contributed by atoms with Gasteiger partial charge in [0, 0.05) is 19.0 Å². The van der Waals surface area contributed by atoms with Crippen molar-refractivity contribution in [1.29, 1.82) is 0 Å². The summed E-state index contributed by atoms with van der Waals surface area (Å²) in [7, 11) is -4.18. The van der Waals surface area contributed by atoms with E-state index in [0.29, 0.717) is 21.3 Å². The molecule has 0 unspecified atom stereocenters. The maximum Gasteiger partial charge on any atom is 0.264 e. The Kier molecular flexibility index (Phi) is 11.9. The van der Waals surface area contributed by atoms with E-state index in [9.17, 15) is 18.0 Å². The average Bonchev–Trinajstić information content (AvgIpc) is 3.03. The van der Waals surface area contributed by atoms with E-state index >= 15 is 0 Å². The van der Waals surface area contributed by atoms with Crippen LogP contribution in [-0.4, -0.2) is 43.8 Å². The number of nitrogens with one attached hydrogen (secondary N) is 1. The van der Waals surface area contributed by atoms with Crippen LogP contribution in [0.1, 0.15) is 50.3 Å². The number of carbonyl (C=O) groups excluding carboxylic acids is 2. The van der Waals surface area contributed by atoms with E-state index in [0.717, 1.165) is 15.4 Å². The van der Waals surface area contributed by atoms with Crippen LogP contribution in [0.4, 0.5) is 5.69 Å². The van der Waals surface area contributed by atoms with Gasteiger partial charge in [0.25, 0.3) is 10.0 Å². The fourth-order valence-corrected chi connectivity index (χ4v) is 6.80. The summed E-state index contributed by atoms with van der Waals surface area (Å²) >= 11 is 12.5. The normalized spacial score (nSPS) is 12.2. The molecule has 4 aromatic carbocycles. The number of nitrogens with zero attached hydrogens (tertiary/aromatic N) is 2. The van der Waals surface area contributed by atoms with Crippen LogP contribution in [0.15, 0.2) is 108 Å². The molecule has 242 valence electrons. The van der Waals surface area contributed by atoms with Crippen molar-refractivity contribution in [3.05, 3.63) is 130 Å². The minimum Gasteiger partial charge on any atom is -0.352 e. The summed E-state index contributed by atoms with van der Waals surface area (Å²) in [5.74, 6) is -0.681. The lowest BCUT2D eigenvalue weighted by Crippen LogP contribution is -2.54. The monoisotopic (exact) mass is 679 g/mol. The molecule has 7 nitrogen and oxygen atoms in total. The van der Waals surface area contributed by atoms with Crippen molar-refractivity contribution >= 4 is 50.7 Å². The second kappa shape index (κ2) is 15.6.